The number of nitrogens with two attached hydrogens (primary N) is 1. The summed E-state index contributed by atoms with van der Waals surface area (Å²) < 4.78 is 15.4. The zero-order chi connectivity index (χ0) is 15.0. The van der Waals surface area contributed by atoms with Crippen LogP contribution in [0.2, 0.25) is 0 Å². The third-order valence-corrected chi connectivity index (χ3v) is 3.89. The Labute approximate surface area is 121 Å². The first kappa shape index (κ1) is 17.4. The third kappa shape index (κ3) is 4.70. The van der Waals surface area contributed by atoms with Crippen molar-refractivity contribution >= 4 is 5.97 Å². The molecule has 0 aromatic heterocycles. The molecule has 0 aromatic rings. The molecule has 118 valence electrons. The standard InChI is InChI=1S/C14H28N2O4/c1-4-20-13(17)14(15)6-5-12(11-14)16(7-9-18-2)8-10-19-3/h12H,4-11,15H2,1-3H3. The largest absolute Gasteiger partial charge is 0.465 e. The highest BCUT2D eigenvalue weighted by Gasteiger charge is 2.44. The van der Waals surface area contributed by atoms with Crippen LogP contribution in [0.5, 0.6) is 0 Å². The summed E-state index contributed by atoms with van der Waals surface area (Å²) in [7, 11) is 3.38. The van der Waals surface area contributed by atoms with E-state index in [0.717, 1.165) is 19.5 Å². The lowest BCUT2D eigenvalue weighted by molar-refractivity contribution is -0.149. The molecule has 0 heterocycles. The summed E-state index contributed by atoms with van der Waals surface area (Å²) in [6.07, 6.45) is 2.22. The van der Waals surface area contributed by atoms with Gasteiger partial charge in [0.1, 0.15) is 5.54 Å². The van der Waals surface area contributed by atoms with E-state index >= 15 is 0 Å². The molecule has 0 aromatic carbocycles. The summed E-state index contributed by atoms with van der Waals surface area (Å²) in [5.41, 5.74) is 5.38. The lowest BCUT2D eigenvalue weighted by Gasteiger charge is -2.29. The number of hydrogen-bond donors (Lipinski definition) is 1. The molecule has 6 heteroatoms. The third-order valence-electron chi connectivity index (χ3n) is 3.89. The van der Waals surface area contributed by atoms with Gasteiger partial charge < -0.3 is 19.9 Å². The molecule has 1 aliphatic rings. The second-order valence-electron chi connectivity index (χ2n) is 5.29. The molecule has 2 atom stereocenters. The van der Waals surface area contributed by atoms with Crippen LogP contribution in [-0.4, -0.2) is 69.6 Å². The first-order chi connectivity index (χ1) is 9.57. The maximum Gasteiger partial charge on any atom is 0.326 e. The lowest BCUT2D eigenvalue weighted by atomic mass is 9.99. The van der Waals surface area contributed by atoms with Crippen molar-refractivity contribution in [3.63, 3.8) is 0 Å². The first-order valence-electron chi connectivity index (χ1n) is 7.25. The van der Waals surface area contributed by atoms with Crippen LogP contribution in [0.3, 0.4) is 0 Å². The van der Waals surface area contributed by atoms with Gasteiger partial charge in [-0.3, -0.25) is 9.69 Å². The van der Waals surface area contributed by atoms with Gasteiger partial charge in [0.2, 0.25) is 0 Å². The monoisotopic (exact) mass is 288 g/mol. The highest BCUT2D eigenvalue weighted by Crippen LogP contribution is 2.32. The maximum atomic E-state index is 11.9. The molecule has 1 fully saturated rings. The van der Waals surface area contributed by atoms with Crippen molar-refractivity contribution < 1.29 is 19.0 Å². The van der Waals surface area contributed by atoms with Gasteiger partial charge in [-0.25, -0.2) is 0 Å². The van der Waals surface area contributed by atoms with E-state index in [1.54, 1.807) is 21.1 Å². The molecule has 2 N–H and O–H groups in total. The number of carbonyl (C=O) groups is 1. The number of esters is 1. The molecule has 6 nitrogen and oxygen atoms in total. The summed E-state index contributed by atoms with van der Waals surface area (Å²) in [4.78, 5) is 14.2. The normalized spacial score (nSPS) is 26.1. The molecular weight excluding hydrogens is 260 g/mol. The summed E-state index contributed by atoms with van der Waals surface area (Å²) in [5, 5.41) is 0. The van der Waals surface area contributed by atoms with E-state index in [9.17, 15) is 4.79 Å². The fourth-order valence-electron chi connectivity index (χ4n) is 2.71. The highest BCUT2D eigenvalue weighted by atomic mass is 16.5. The lowest BCUT2D eigenvalue weighted by Crippen LogP contribution is -2.49. The van der Waals surface area contributed by atoms with Crippen molar-refractivity contribution in [2.75, 3.05) is 47.1 Å². The Morgan fingerprint density at radius 2 is 1.90 bits per heavy atom. The predicted molar refractivity (Wildman–Crippen MR) is 76.5 cm³/mol. The second kappa shape index (κ2) is 8.56. The zero-order valence-electron chi connectivity index (χ0n) is 12.9. The van der Waals surface area contributed by atoms with Gasteiger partial charge >= 0.3 is 5.97 Å². The quantitative estimate of drug-likeness (QED) is 0.619. The molecule has 1 rings (SSSR count). The van der Waals surface area contributed by atoms with Crippen molar-refractivity contribution in [3.05, 3.63) is 0 Å². The van der Waals surface area contributed by atoms with Gasteiger partial charge in [0.05, 0.1) is 19.8 Å². The van der Waals surface area contributed by atoms with Crippen molar-refractivity contribution in [3.8, 4) is 0 Å². The fraction of sp³-hybridized carbons (Fsp3) is 0.929. The molecule has 20 heavy (non-hydrogen) atoms. The molecule has 1 saturated carbocycles. The molecule has 0 radical (unpaired) electrons. The topological polar surface area (TPSA) is 74.0 Å². The van der Waals surface area contributed by atoms with Crippen molar-refractivity contribution in [1.82, 2.24) is 4.90 Å². The van der Waals surface area contributed by atoms with Crippen LogP contribution >= 0.6 is 0 Å². The number of ether oxygens (including phenoxy) is 3. The Morgan fingerprint density at radius 1 is 1.30 bits per heavy atom. The fourth-order valence-corrected chi connectivity index (χ4v) is 2.71. The van der Waals surface area contributed by atoms with Gasteiger partial charge in [0.15, 0.2) is 0 Å². The van der Waals surface area contributed by atoms with E-state index in [-0.39, 0.29) is 12.0 Å². The van der Waals surface area contributed by atoms with Gasteiger partial charge in [-0.05, 0) is 26.2 Å². The van der Waals surface area contributed by atoms with Crippen LogP contribution in [0.15, 0.2) is 0 Å². The van der Waals surface area contributed by atoms with Gasteiger partial charge in [-0.2, -0.15) is 0 Å². The number of nitrogens with zero attached hydrogens (tertiary/aromatic N) is 1. The van der Waals surface area contributed by atoms with Crippen LogP contribution in [0.1, 0.15) is 26.2 Å². The van der Waals surface area contributed by atoms with E-state index in [4.69, 9.17) is 19.9 Å². The van der Waals surface area contributed by atoms with Crippen LogP contribution < -0.4 is 5.73 Å². The Bertz CT molecular complexity index is 293. The van der Waals surface area contributed by atoms with E-state index in [0.29, 0.717) is 32.7 Å². The van der Waals surface area contributed by atoms with Crippen LogP contribution in [0.25, 0.3) is 0 Å². The molecule has 1 aliphatic carbocycles. The summed E-state index contributed by atoms with van der Waals surface area (Å²) in [6.45, 7) is 5.15. The Kier molecular flexibility index (Phi) is 7.43. The Balaban J connectivity index is 2.58. The molecule has 0 amide bonds. The highest BCUT2D eigenvalue weighted by molar-refractivity contribution is 5.81. The predicted octanol–water partition coefficient (Wildman–Crippen LogP) is 0.394. The molecule has 0 spiro atoms. The second-order valence-corrected chi connectivity index (χ2v) is 5.29. The molecule has 0 bridgehead atoms. The van der Waals surface area contributed by atoms with Crippen LogP contribution in [0.4, 0.5) is 0 Å². The number of hydrogen-bond acceptors (Lipinski definition) is 6. The minimum Gasteiger partial charge on any atom is -0.465 e. The van der Waals surface area contributed by atoms with Crippen molar-refractivity contribution in [2.45, 2.75) is 37.8 Å². The van der Waals surface area contributed by atoms with Gasteiger partial charge in [0.25, 0.3) is 0 Å². The molecule has 2 unspecified atom stereocenters. The van der Waals surface area contributed by atoms with Crippen LogP contribution in [-0.2, 0) is 19.0 Å². The maximum absolute atomic E-state index is 11.9. The van der Waals surface area contributed by atoms with Crippen LogP contribution in [0, 0.1) is 0 Å². The smallest absolute Gasteiger partial charge is 0.326 e. The minimum atomic E-state index is -0.834. The molecule has 0 aliphatic heterocycles. The van der Waals surface area contributed by atoms with Gasteiger partial charge in [-0.15, -0.1) is 0 Å². The minimum absolute atomic E-state index is 0.277. The first-order valence-corrected chi connectivity index (χ1v) is 7.25. The van der Waals surface area contributed by atoms with E-state index in [1.807, 2.05) is 0 Å². The zero-order valence-corrected chi connectivity index (χ0v) is 12.9. The molecular formula is C14H28N2O4. The van der Waals surface area contributed by atoms with Crippen molar-refractivity contribution in [1.29, 1.82) is 0 Å². The summed E-state index contributed by atoms with van der Waals surface area (Å²) >= 11 is 0. The number of methoxy groups -OCH3 is 2. The number of carbonyl (C=O) groups excluding carboxylic acids is 1. The van der Waals surface area contributed by atoms with Gasteiger partial charge in [0, 0.05) is 33.4 Å². The van der Waals surface area contributed by atoms with Crippen molar-refractivity contribution in [2.24, 2.45) is 5.73 Å². The summed E-state index contributed by atoms with van der Waals surface area (Å²) in [6, 6.07) is 0.287. The molecule has 0 saturated heterocycles. The average molecular weight is 288 g/mol. The SMILES string of the molecule is CCOC(=O)C1(N)CCC(N(CCOC)CCOC)C1. The van der Waals surface area contributed by atoms with Gasteiger partial charge in [-0.1, -0.05) is 0 Å². The Morgan fingerprint density at radius 3 is 2.40 bits per heavy atom. The average Bonchev–Trinajstić information content (AvgIpc) is 2.83. The van der Waals surface area contributed by atoms with E-state index in [2.05, 4.69) is 4.90 Å². The van der Waals surface area contributed by atoms with E-state index < -0.39 is 5.54 Å². The van der Waals surface area contributed by atoms with E-state index in [1.165, 1.54) is 0 Å². The Hall–Kier alpha value is -0.690. The summed E-state index contributed by atoms with van der Waals surface area (Å²) in [5.74, 6) is -0.277. The number of rotatable bonds is 9.